The summed E-state index contributed by atoms with van der Waals surface area (Å²) in [4.78, 5) is 69.0. The van der Waals surface area contributed by atoms with Gasteiger partial charge in [0.15, 0.2) is 0 Å². The molecule has 6 bridgehead atoms. The summed E-state index contributed by atoms with van der Waals surface area (Å²) in [5.41, 5.74) is 2.06. The van der Waals surface area contributed by atoms with E-state index < -0.39 is 0 Å². The van der Waals surface area contributed by atoms with Crippen molar-refractivity contribution in [2.45, 2.75) is 90.0 Å². The SMILES string of the molecule is COc1cccc(CN2CC[C@H]3CC(=O)N4CCC(CC4)c4nc(c(C)s4)CC(=O)N4CC[C@@H](CC(=O)N5CCCC5)[C@@H](CC(=O)NCC[C@H]3C2)C4)c1. The minimum atomic E-state index is -0.0802. The van der Waals surface area contributed by atoms with Gasteiger partial charge in [-0.1, -0.05) is 12.1 Å². The van der Waals surface area contributed by atoms with Gasteiger partial charge in [-0.05, 0) is 99.8 Å². The molecule has 0 aliphatic carbocycles. The van der Waals surface area contributed by atoms with Crippen LogP contribution in [0.25, 0.3) is 0 Å². The first kappa shape index (κ1) is 37.8. The number of hydrogen-bond acceptors (Lipinski definition) is 8. The first-order valence-electron chi connectivity index (χ1n) is 20.1. The molecule has 4 fully saturated rings. The van der Waals surface area contributed by atoms with Gasteiger partial charge in [0.05, 0.1) is 24.2 Å². The second kappa shape index (κ2) is 17.3. The number of piperidine rings is 3. The summed E-state index contributed by atoms with van der Waals surface area (Å²) in [7, 11) is 1.69. The number of amides is 4. The number of aromatic nitrogens is 1. The lowest BCUT2D eigenvalue weighted by atomic mass is 9.80. The van der Waals surface area contributed by atoms with Crippen LogP contribution in [-0.4, -0.2) is 114 Å². The minimum absolute atomic E-state index is 0.0198. The molecule has 0 saturated carbocycles. The minimum Gasteiger partial charge on any atom is -0.497 e. The van der Waals surface area contributed by atoms with Gasteiger partial charge in [0, 0.05) is 89.0 Å². The van der Waals surface area contributed by atoms with Crippen LogP contribution in [0.2, 0.25) is 0 Å². The number of thiazole rings is 1. The molecule has 4 atom stereocenters. The molecule has 0 unspecified atom stereocenters. The molecule has 0 radical (unpaired) electrons. The van der Waals surface area contributed by atoms with Crippen LogP contribution >= 0.6 is 11.3 Å². The molecule has 1 N–H and O–H groups in total. The van der Waals surface area contributed by atoms with Gasteiger partial charge >= 0.3 is 0 Å². The highest BCUT2D eigenvalue weighted by Crippen LogP contribution is 2.36. The molecule has 53 heavy (non-hydrogen) atoms. The number of benzene rings is 1. The predicted molar refractivity (Wildman–Crippen MR) is 204 cm³/mol. The Morgan fingerprint density at radius 2 is 1.68 bits per heavy atom. The van der Waals surface area contributed by atoms with E-state index >= 15 is 0 Å². The third-order valence-electron chi connectivity index (χ3n) is 12.8. The molecule has 4 saturated heterocycles. The number of nitrogens with one attached hydrogen (secondary N) is 1. The summed E-state index contributed by atoms with van der Waals surface area (Å²) in [5, 5.41) is 4.32. The third kappa shape index (κ3) is 9.42. The van der Waals surface area contributed by atoms with Crippen LogP contribution in [0.4, 0.5) is 0 Å². The van der Waals surface area contributed by atoms with Crippen molar-refractivity contribution in [3.8, 4) is 5.75 Å². The monoisotopic (exact) mass is 746 g/mol. The van der Waals surface area contributed by atoms with Crippen LogP contribution in [0.3, 0.4) is 0 Å². The number of carbonyl (C=O) groups excluding carboxylic acids is 4. The highest BCUT2D eigenvalue weighted by molar-refractivity contribution is 7.11. The maximum atomic E-state index is 13.8. The van der Waals surface area contributed by atoms with Gasteiger partial charge in [0.1, 0.15) is 5.75 Å². The fourth-order valence-corrected chi connectivity index (χ4v) is 10.6. The van der Waals surface area contributed by atoms with Gasteiger partial charge in [-0.2, -0.15) is 0 Å². The number of carbonyl (C=O) groups is 4. The van der Waals surface area contributed by atoms with E-state index in [1.165, 1.54) is 5.56 Å². The van der Waals surface area contributed by atoms with Crippen molar-refractivity contribution in [2.24, 2.45) is 23.7 Å². The summed E-state index contributed by atoms with van der Waals surface area (Å²) in [6.07, 6.45) is 7.91. The summed E-state index contributed by atoms with van der Waals surface area (Å²) in [5.74, 6) is 2.13. The Bertz CT molecular complexity index is 1620. The molecule has 12 heteroatoms. The summed E-state index contributed by atoms with van der Waals surface area (Å²) >= 11 is 1.70. The molecule has 288 valence electrons. The number of aryl methyl sites for hydroxylation is 1. The molecule has 6 aliphatic rings. The largest absolute Gasteiger partial charge is 0.497 e. The lowest BCUT2D eigenvalue weighted by Crippen LogP contribution is -2.47. The van der Waals surface area contributed by atoms with E-state index in [1.807, 2.05) is 21.9 Å². The van der Waals surface area contributed by atoms with Crippen LogP contribution in [-0.2, 0) is 32.1 Å². The maximum Gasteiger partial charge on any atom is 0.228 e. The third-order valence-corrected chi connectivity index (χ3v) is 14.0. The average molecular weight is 747 g/mol. The first-order chi connectivity index (χ1) is 25.7. The van der Waals surface area contributed by atoms with Gasteiger partial charge < -0.3 is 24.8 Å². The number of methoxy groups -OCH3 is 1. The summed E-state index contributed by atoms with van der Waals surface area (Å²) in [6.45, 7) is 9.44. The smallest absolute Gasteiger partial charge is 0.228 e. The standard InChI is InChI=1S/C41H58N6O5S/c1-28-36-24-40(51)47-19-12-32(23-38(49)45-14-3-4-15-45)34(27-47)21-37(48)42-13-8-33-26-44(25-29-6-5-7-35(20-29)52-2)16-9-31(33)22-39(50)46-17-10-30(11-18-46)41(43-36)53-28/h5-7,20,30-34H,3-4,8-19,21-27H2,1-2H3,(H,42,48)/t31-,32-,33-,34-/m0/s1. The van der Waals surface area contributed by atoms with Crippen LogP contribution in [0.15, 0.2) is 24.3 Å². The number of hydrogen-bond donors (Lipinski definition) is 1. The second-order valence-electron chi connectivity index (χ2n) is 16.3. The van der Waals surface area contributed by atoms with Gasteiger partial charge in [-0.3, -0.25) is 24.1 Å². The molecule has 1 aromatic carbocycles. The van der Waals surface area contributed by atoms with E-state index in [0.717, 1.165) is 112 Å². The summed E-state index contributed by atoms with van der Waals surface area (Å²) in [6, 6.07) is 8.23. The van der Waals surface area contributed by atoms with Crippen LogP contribution in [0, 0.1) is 30.6 Å². The second-order valence-corrected chi connectivity index (χ2v) is 17.5. The number of nitrogens with zero attached hydrogens (tertiary/aromatic N) is 5. The number of ether oxygens (including phenoxy) is 1. The molecule has 6 aliphatic heterocycles. The Labute approximate surface area is 318 Å². The molecule has 7 heterocycles. The predicted octanol–water partition coefficient (Wildman–Crippen LogP) is 4.62. The Balaban J connectivity index is 1.08. The van der Waals surface area contributed by atoms with E-state index in [0.29, 0.717) is 44.8 Å². The molecule has 8 rings (SSSR count). The fourth-order valence-electron chi connectivity index (χ4n) is 9.53. The highest BCUT2D eigenvalue weighted by Gasteiger charge is 2.37. The van der Waals surface area contributed by atoms with Crippen molar-refractivity contribution in [1.82, 2.24) is 29.9 Å². The van der Waals surface area contributed by atoms with Gasteiger partial charge in [0.2, 0.25) is 23.6 Å². The topological polar surface area (TPSA) is 115 Å². The van der Waals surface area contributed by atoms with E-state index in [2.05, 4.69) is 34.2 Å². The molecule has 11 nitrogen and oxygen atoms in total. The zero-order chi connectivity index (χ0) is 36.9. The van der Waals surface area contributed by atoms with Gasteiger partial charge in [-0.15, -0.1) is 11.3 Å². The van der Waals surface area contributed by atoms with E-state index in [-0.39, 0.29) is 53.7 Å². The van der Waals surface area contributed by atoms with Crippen molar-refractivity contribution in [3.05, 3.63) is 45.4 Å². The Hall–Kier alpha value is -3.51. The molecule has 0 spiro atoms. The Kier molecular flexibility index (Phi) is 12.3. The van der Waals surface area contributed by atoms with Crippen LogP contribution < -0.4 is 10.1 Å². The number of likely N-dealkylation sites (tertiary alicyclic amines) is 2. The van der Waals surface area contributed by atoms with Gasteiger partial charge in [-0.25, -0.2) is 4.98 Å². The molecule has 2 aromatic rings. The van der Waals surface area contributed by atoms with Crippen LogP contribution in [0.1, 0.15) is 91.3 Å². The lowest BCUT2D eigenvalue weighted by molar-refractivity contribution is -0.137. The van der Waals surface area contributed by atoms with Crippen molar-refractivity contribution in [2.75, 3.05) is 66.0 Å². The molecular formula is C41H58N6O5S. The number of rotatable bonds is 5. The number of fused-ring (bicyclic) bond motifs is 8. The van der Waals surface area contributed by atoms with Crippen molar-refractivity contribution >= 4 is 35.0 Å². The summed E-state index contributed by atoms with van der Waals surface area (Å²) < 4.78 is 5.47. The molecule has 1 aromatic heterocycles. The van der Waals surface area contributed by atoms with Crippen molar-refractivity contribution in [3.63, 3.8) is 0 Å². The molecule has 4 amide bonds. The average Bonchev–Trinajstić information content (AvgIpc) is 3.83. The fraction of sp³-hybridized carbons (Fsp3) is 0.683. The zero-order valence-corrected chi connectivity index (χ0v) is 32.5. The highest BCUT2D eigenvalue weighted by atomic mass is 32.1. The first-order valence-corrected chi connectivity index (χ1v) is 21.0. The Morgan fingerprint density at radius 1 is 0.887 bits per heavy atom. The zero-order valence-electron chi connectivity index (χ0n) is 31.7. The van der Waals surface area contributed by atoms with E-state index in [1.54, 1.807) is 18.4 Å². The van der Waals surface area contributed by atoms with E-state index in [4.69, 9.17) is 9.72 Å². The maximum absolute atomic E-state index is 13.8. The van der Waals surface area contributed by atoms with Gasteiger partial charge in [0.25, 0.3) is 0 Å². The lowest BCUT2D eigenvalue weighted by Gasteiger charge is -2.40. The van der Waals surface area contributed by atoms with Crippen LogP contribution in [0.5, 0.6) is 5.75 Å². The quantitative estimate of drug-likeness (QED) is 0.475. The van der Waals surface area contributed by atoms with E-state index in [9.17, 15) is 19.2 Å². The normalized spacial score (nSPS) is 28.0. The van der Waals surface area contributed by atoms with Crippen molar-refractivity contribution in [1.29, 1.82) is 0 Å². The Morgan fingerprint density at radius 3 is 2.47 bits per heavy atom. The van der Waals surface area contributed by atoms with Crippen molar-refractivity contribution < 1.29 is 23.9 Å². The molecular weight excluding hydrogens is 689 g/mol.